The maximum Gasteiger partial charge on any atom is 0.422 e. The average Bonchev–Trinajstić information content (AvgIpc) is 3.12. The minimum atomic E-state index is -4.35. The van der Waals surface area contributed by atoms with E-state index in [0.717, 1.165) is 11.1 Å². The summed E-state index contributed by atoms with van der Waals surface area (Å²) in [4.78, 5) is 0. The molecule has 0 spiro atoms. The summed E-state index contributed by atoms with van der Waals surface area (Å²) in [7, 11) is 0. The third-order valence-electron chi connectivity index (χ3n) is 4.05. The molecule has 8 heteroatoms. The summed E-state index contributed by atoms with van der Waals surface area (Å²) in [6, 6.07) is 16.3. The second-order valence-electron chi connectivity index (χ2n) is 6.33. The summed E-state index contributed by atoms with van der Waals surface area (Å²) in [5.74, 6) is 1.19. The zero-order valence-electron chi connectivity index (χ0n) is 15.2. The van der Waals surface area contributed by atoms with Crippen molar-refractivity contribution in [2.45, 2.75) is 32.1 Å². The van der Waals surface area contributed by atoms with Crippen molar-refractivity contribution in [1.29, 1.82) is 0 Å². The topological polar surface area (TPSA) is 60.2 Å². The van der Waals surface area contributed by atoms with E-state index in [1.165, 1.54) is 12.1 Å². The SMILES string of the molecule is C[C@H](NCc1nnc(Cc2ccccc2)o1)c1ccc(OCC(F)(F)F)cc1. The van der Waals surface area contributed by atoms with Crippen molar-refractivity contribution in [2.24, 2.45) is 0 Å². The highest BCUT2D eigenvalue weighted by atomic mass is 19.4. The standard InChI is InChI=1S/C20H20F3N3O2/c1-14(16-7-9-17(10-8-16)27-13-20(21,22)23)24-12-19-26-25-18(28-19)11-15-5-3-2-4-6-15/h2-10,14,24H,11-13H2,1H3/t14-/m0/s1. The number of rotatable bonds is 8. The third kappa shape index (κ3) is 6.09. The molecule has 148 valence electrons. The quantitative estimate of drug-likeness (QED) is 0.615. The fraction of sp³-hybridized carbons (Fsp3) is 0.300. The van der Waals surface area contributed by atoms with Crippen LogP contribution in [-0.4, -0.2) is 23.0 Å². The van der Waals surface area contributed by atoms with Gasteiger partial charge in [0.25, 0.3) is 0 Å². The molecule has 0 aliphatic heterocycles. The number of aromatic nitrogens is 2. The fourth-order valence-electron chi connectivity index (χ4n) is 2.58. The number of nitrogens with zero attached hydrogens (tertiary/aromatic N) is 2. The lowest BCUT2D eigenvalue weighted by atomic mass is 10.1. The van der Waals surface area contributed by atoms with Gasteiger partial charge in [0.2, 0.25) is 11.8 Å². The van der Waals surface area contributed by atoms with Crippen LogP contribution >= 0.6 is 0 Å². The smallest absolute Gasteiger partial charge is 0.422 e. The van der Waals surface area contributed by atoms with Crippen LogP contribution in [0, 0.1) is 0 Å². The van der Waals surface area contributed by atoms with E-state index in [2.05, 4.69) is 15.5 Å². The molecular weight excluding hydrogens is 371 g/mol. The first-order valence-electron chi connectivity index (χ1n) is 8.77. The number of nitrogens with one attached hydrogen (secondary N) is 1. The first-order valence-corrected chi connectivity index (χ1v) is 8.77. The summed E-state index contributed by atoms with van der Waals surface area (Å²) in [5, 5.41) is 11.3. The van der Waals surface area contributed by atoms with Gasteiger partial charge < -0.3 is 14.5 Å². The lowest BCUT2D eigenvalue weighted by Gasteiger charge is -2.14. The van der Waals surface area contributed by atoms with E-state index in [1.54, 1.807) is 12.1 Å². The summed E-state index contributed by atoms with van der Waals surface area (Å²) >= 11 is 0. The van der Waals surface area contributed by atoms with E-state index in [-0.39, 0.29) is 11.8 Å². The van der Waals surface area contributed by atoms with Gasteiger partial charge in [0, 0.05) is 6.04 Å². The highest BCUT2D eigenvalue weighted by Crippen LogP contribution is 2.21. The van der Waals surface area contributed by atoms with Gasteiger partial charge in [-0.25, -0.2) is 0 Å². The molecule has 0 saturated heterocycles. The van der Waals surface area contributed by atoms with Crippen LogP contribution in [-0.2, 0) is 13.0 Å². The fourth-order valence-corrected chi connectivity index (χ4v) is 2.58. The molecule has 5 nitrogen and oxygen atoms in total. The maximum atomic E-state index is 12.2. The monoisotopic (exact) mass is 391 g/mol. The molecule has 0 saturated carbocycles. The van der Waals surface area contributed by atoms with Crippen LogP contribution in [0.15, 0.2) is 59.0 Å². The Morgan fingerprint density at radius 1 is 1.00 bits per heavy atom. The Bertz CT molecular complexity index is 864. The van der Waals surface area contributed by atoms with Gasteiger partial charge >= 0.3 is 6.18 Å². The second-order valence-corrected chi connectivity index (χ2v) is 6.33. The minimum Gasteiger partial charge on any atom is -0.484 e. The zero-order valence-corrected chi connectivity index (χ0v) is 15.2. The first-order chi connectivity index (χ1) is 13.4. The van der Waals surface area contributed by atoms with Crippen LogP contribution in [0.4, 0.5) is 13.2 Å². The van der Waals surface area contributed by atoms with Crippen molar-refractivity contribution < 1.29 is 22.3 Å². The molecule has 1 aromatic heterocycles. The molecule has 0 unspecified atom stereocenters. The molecule has 28 heavy (non-hydrogen) atoms. The Morgan fingerprint density at radius 2 is 1.68 bits per heavy atom. The van der Waals surface area contributed by atoms with Crippen molar-refractivity contribution in [1.82, 2.24) is 15.5 Å². The van der Waals surface area contributed by atoms with E-state index in [9.17, 15) is 13.2 Å². The average molecular weight is 391 g/mol. The van der Waals surface area contributed by atoms with Crippen LogP contribution < -0.4 is 10.1 Å². The van der Waals surface area contributed by atoms with E-state index in [4.69, 9.17) is 9.15 Å². The highest BCUT2D eigenvalue weighted by molar-refractivity contribution is 5.29. The molecule has 0 radical (unpaired) electrons. The highest BCUT2D eigenvalue weighted by Gasteiger charge is 2.28. The van der Waals surface area contributed by atoms with Crippen LogP contribution in [0.3, 0.4) is 0 Å². The molecule has 3 aromatic rings. The van der Waals surface area contributed by atoms with Gasteiger partial charge in [0.15, 0.2) is 6.61 Å². The Labute approximate surface area is 160 Å². The van der Waals surface area contributed by atoms with Crippen molar-refractivity contribution in [3.63, 3.8) is 0 Å². The first kappa shape index (κ1) is 19.9. The number of alkyl halides is 3. The Balaban J connectivity index is 1.49. The van der Waals surface area contributed by atoms with E-state index < -0.39 is 12.8 Å². The Kier molecular flexibility index (Phi) is 6.30. The number of halogens is 3. The lowest BCUT2D eigenvalue weighted by Crippen LogP contribution is -2.19. The van der Waals surface area contributed by atoms with Gasteiger partial charge in [-0.3, -0.25) is 0 Å². The number of hydrogen-bond donors (Lipinski definition) is 1. The molecule has 0 fully saturated rings. The number of ether oxygens (including phenoxy) is 1. The molecule has 3 rings (SSSR count). The van der Waals surface area contributed by atoms with E-state index in [0.29, 0.717) is 24.7 Å². The molecule has 1 heterocycles. The molecule has 1 atom stereocenters. The van der Waals surface area contributed by atoms with Gasteiger partial charge in [-0.05, 0) is 30.2 Å². The predicted octanol–water partition coefficient (Wildman–Crippen LogP) is 4.45. The summed E-state index contributed by atoms with van der Waals surface area (Å²) in [5.41, 5.74) is 2.00. The molecular formula is C20H20F3N3O2. The van der Waals surface area contributed by atoms with Crippen LogP contribution in [0.25, 0.3) is 0 Å². The van der Waals surface area contributed by atoms with Crippen molar-refractivity contribution >= 4 is 0 Å². The van der Waals surface area contributed by atoms with Gasteiger partial charge in [-0.15, -0.1) is 10.2 Å². The lowest BCUT2D eigenvalue weighted by molar-refractivity contribution is -0.153. The second kappa shape index (κ2) is 8.88. The van der Waals surface area contributed by atoms with Crippen LogP contribution in [0.2, 0.25) is 0 Å². The zero-order chi connectivity index (χ0) is 20.0. The maximum absolute atomic E-state index is 12.2. The Morgan fingerprint density at radius 3 is 2.36 bits per heavy atom. The van der Waals surface area contributed by atoms with Gasteiger partial charge in [-0.2, -0.15) is 13.2 Å². The van der Waals surface area contributed by atoms with Gasteiger partial charge in [0.05, 0.1) is 13.0 Å². The third-order valence-corrected chi connectivity index (χ3v) is 4.05. The summed E-state index contributed by atoms with van der Waals surface area (Å²) in [6.45, 7) is 1.02. The van der Waals surface area contributed by atoms with Crippen LogP contribution in [0.1, 0.15) is 35.9 Å². The molecule has 0 aliphatic rings. The largest absolute Gasteiger partial charge is 0.484 e. The summed E-state index contributed by atoms with van der Waals surface area (Å²) in [6.07, 6.45) is -3.78. The Hall–Kier alpha value is -2.87. The summed E-state index contributed by atoms with van der Waals surface area (Å²) < 4.78 is 46.9. The molecule has 1 N–H and O–H groups in total. The van der Waals surface area contributed by atoms with Crippen molar-refractivity contribution in [3.8, 4) is 5.75 Å². The number of hydrogen-bond acceptors (Lipinski definition) is 5. The molecule has 2 aromatic carbocycles. The normalized spacial score (nSPS) is 12.7. The molecule has 0 bridgehead atoms. The van der Waals surface area contributed by atoms with Gasteiger partial charge in [0.1, 0.15) is 5.75 Å². The molecule has 0 amide bonds. The van der Waals surface area contributed by atoms with Gasteiger partial charge in [-0.1, -0.05) is 42.5 Å². The number of benzene rings is 2. The molecule has 0 aliphatic carbocycles. The van der Waals surface area contributed by atoms with E-state index >= 15 is 0 Å². The van der Waals surface area contributed by atoms with Crippen molar-refractivity contribution in [3.05, 3.63) is 77.5 Å². The van der Waals surface area contributed by atoms with Crippen LogP contribution in [0.5, 0.6) is 5.75 Å². The van der Waals surface area contributed by atoms with Crippen molar-refractivity contribution in [2.75, 3.05) is 6.61 Å². The predicted molar refractivity (Wildman–Crippen MR) is 96.8 cm³/mol. The minimum absolute atomic E-state index is 0.0545. The van der Waals surface area contributed by atoms with E-state index in [1.807, 2.05) is 37.3 Å².